The number of nitrogens with one attached hydrogen (secondary N) is 3. The van der Waals surface area contributed by atoms with Crippen LogP contribution in [0.25, 0.3) is 0 Å². The summed E-state index contributed by atoms with van der Waals surface area (Å²) in [4.78, 5) is 20.9. The fourth-order valence-electron chi connectivity index (χ4n) is 3.93. The van der Waals surface area contributed by atoms with Crippen molar-refractivity contribution in [2.75, 3.05) is 49.5 Å². The molecule has 2 aliphatic rings. The van der Waals surface area contributed by atoms with Crippen molar-refractivity contribution in [2.45, 2.75) is 18.6 Å². The molecular formula is C21H25F3N6O. The van der Waals surface area contributed by atoms with E-state index in [0.29, 0.717) is 24.8 Å². The van der Waals surface area contributed by atoms with Crippen LogP contribution < -0.4 is 21.1 Å². The molecular weight excluding hydrogens is 409 g/mol. The van der Waals surface area contributed by atoms with Crippen LogP contribution in [-0.2, 0) is 6.18 Å². The highest BCUT2D eigenvalue weighted by Crippen LogP contribution is 2.36. The van der Waals surface area contributed by atoms with Crippen LogP contribution in [0, 0.1) is 0 Å². The highest BCUT2D eigenvalue weighted by Gasteiger charge is 2.32. The Morgan fingerprint density at radius 2 is 1.97 bits per heavy atom. The van der Waals surface area contributed by atoms with Crippen molar-refractivity contribution in [2.24, 2.45) is 0 Å². The van der Waals surface area contributed by atoms with Crippen LogP contribution >= 0.6 is 0 Å². The minimum absolute atomic E-state index is 0.139. The molecule has 1 aromatic heterocycles. The van der Waals surface area contributed by atoms with E-state index in [-0.39, 0.29) is 11.4 Å². The molecule has 2 aromatic rings. The number of hydrazine groups is 1. The first kappa shape index (κ1) is 21.5. The van der Waals surface area contributed by atoms with Gasteiger partial charge in [-0.1, -0.05) is 6.07 Å². The van der Waals surface area contributed by atoms with Gasteiger partial charge in [-0.2, -0.15) is 13.2 Å². The molecule has 1 unspecified atom stereocenters. The summed E-state index contributed by atoms with van der Waals surface area (Å²) in [6, 6.07) is 8.75. The first-order valence-corrected chi connectivity index (χ1v) is 10.3. The van der Waals surface area contributed by atoms with E-state index in [1.807, 2.05) is 4.90 Å². The number of rotatable bonds is 5. The number of anilines is 2. The van der Waals surface area contributed by atoms with E-state index < -0.39 is 17.6 Å². The minimum atomic E-state index is -4.50. The van der Waals surface area contributed by atoms with E-state index in [2.05, 4.69) is 26.1 Å². The van der Waals surface area contributed by atoms with E-state index in [0.717, 1.165) is 44.7 Å². The molecule has 2 saturated heterocycles. The molecule has 0 radical (unpaired) electrons. The third-order valence-corrected chi connectivity index (χ3v) is 5.59. The molecule has 0 bridgehead atoms. The number of amides is 1. The first-order valence-electron chi connectivity index (χ1n) is 10.3. The SMILES string of the molecule is O=C(Nc1cc(C(F)(F)F)ccc1N1CCN(CC2CCNN2)CC1)c1ccccn1. The van der Waals surface area contributed by atoms with E-state index in [1.54, 1.807) is 12.1 Å². The summed E-state index contributed by atoms with van der Waals surface area (Å²) >= 11 is 0. The molecule has 166 valence electrons. The number of piperazine rings is 1. The second kappa shape index (κ2) is 9.21. The number of alkyl halides is 3. The van der Waals surface area contributed by atoms with E-state index >= 15 is 0 Å². The number of carbonyl (C=O) groups is 1. The lowest BCUT2D eigenvalue weighted by Crippen LogP contribution is -2.50. The molecule has 1 atom stereocenters. The molecule has 4 rings (SSSR count). The number of halogens is 3. The highest BCUT2D eigenvalue weighted by molar-refractivity contribution is 6.04. The van der Waals surface area contributed by atoms with Gasteiger partial charge in [0.15, 0.2) is 0 Å². The van der Waals surface area contributed by atoms with Gasteiger partial charge in [-0.3, -0.25) is 25.5 Å². The fourth-order valence-corrected chi connectivity index (χ4v) is 3.93. The van der Waals surface area contributed by atoms with Crippen LogP contribution in [0.3, 0.4) is 0 Å². The lowest BCUT2D eigenvalue weighted by atomic mass is 10.1. The Hall–Kier alpha value is -2.69. The molecule has 3 N–H and O–H groups in total. The fraction of sp³-hybridized carbons (Fsp3) is 0.429. The number of aromatic nitrogens is 1. The lowest BCUT2D eigenvalue weighted by molar-refractivity contribution is -0.137. The second-order valence-corrected chi connectivity index (χ2v) is 7.74. The van der Waals surface area contributed by atoms with Gasteiger partial charge >= 0.3 is 6.18 Å². The van der Waals surface area contributed by atoms with Crippen molar-refractivity contribution >= 4 is 17.3 Å². The Kier molecular flexibility index (Phi) is 6.40. The topological polar surface area (TPSA) is 72.5 Å². The summed E-state index contributed by atoms with van der Waals surface area (Å²) in [6.07, 6.45) is -1.96. The van der Waals surface area contributed by atoms with Crippen LogP contribution in [0.1, 0.15) is 22.5 Å². The summed E-state index contributed by atoms with van der Waals surface area (Å²) in [5.41, 5.74) is 6.44. The molecule has 3 heterocycles. The summed E-state index contributed by atoms with van der Waals surface area (Å²) in [5, 5.41) is 2.63. The second-order valence-electron chi connectivity index (χ2n) is 7.74. The Morgan fingerprint density at radius 1 is 1.16 bits per heavy atom. The lowest BCUT2D eigenvalue weighted by Gasteiger charge is -2.38. The average molecular weight is 434 g/mol. The molecule has 2 aliphatic heterocycles. The molecule has 0 spiro atoms. The predicted octanol–water partition coefficient (Wildman–Crippen LogP) is 2.34. The largest absolute Gasteiger partial charge is 0.416 e. The van der Waals surface area contributed by atoms with Gasteiger partial charge in [0.25, 0.3) is 5.91 Å². The number of hydrogen-bond donors (Lipinski definition) is 3. The molecule has 31 heavy (non-hydrogen) atoms. The first-order chi connectivity index (χ1) is 14.9. The maximum Gasteiger partial charge on any atom is 0.416 e. The van der Waals surface area contributed by atoms with Crippen LogP contribution in [0.4, 0.5) is 24.5 Å². The Labute approximate surface area is 178 Å². The van der Waals surface area contributed by atoms with Gasteiger partial charge in [-0.05, 0) is 36.8 Å². The number of hydrogen-bond acceptors (Lipinski definition) is 6. The highest BCUT2D eigenvalue weighted by atomic mass is 19.4. The molecule has 10 heteroatoms. The van der Waals surface area contributed by atoms with Crippen molar-refractivity contribution < 1.29 is 18.0 Å². The third kappa shape index (κ3) is 5.33. The Balaban J connectivity index is 1.50. The number of pyridine rings is 1. The van der Waals surface area contributed by atoms with E-state index in [4.69, 9.17) is 0 Å². The van der Waals surface area contributed by atoms with Gasteiger partial charge in [0.1, 0.15) is 5.69 Å². The van der Waals surface area contributed by atoms with Crippen LogP contribution in [0.5, 0.6) is 0 Å². The molecule has 0 saturated carbocycles. The summed E-state index contributed by atoms with van der Waals surface area (Å²) < 4.78 is 39.9. The summed E-state index contributed by atoms with van der Waals surface area (Å²) in [6.45, 7) is 4.81. The smallest absolute Gasteiger partial charge is 0.367 e. The van der Waals surface area contributed by atoms with Crippen LogP contribution in [0.15, 0.2) is 42.6 Å². The van der Waals surface area contributed by atoms with Crippen LogP contribution in [0.2, 0.25) is 0 Å². The van der Waals surface area contributed by atoms with Crippen molar-refractivity contribution in [1.29, 1.82) is 0 Å². The Morgan fingerprint density at radius 3 is 2.61 bits per heavy atom. The van der Waals surface area contributed by atoms with E-state index in [9.17, 15) is 18.0 Å². The standard InChI is InChI=1S/C21H25F3N6O/c22-21(23,24)15-4-5-19(18(13-15)27-20(31)17-3-1-2-7-25-17)30-11-9-29(10-12-30)14-16-6-8-26-28-16/h1-5,7,13,16,26,28H,6,8-12,14H2,(H,27,31). The maximum absolute atomic E-state index is 13.3. The maximum atomic E-state index is 13.3. The summed E-state index contributed by atoms with van der Waals surface area (Å²) in [7, 11) is 0. The summed E-state index contributed by atoms with van der Waals surface area (Å²) in [5.74, 6) is -0.542. The molecule has 2 fully saturated rings. The zero-order valence-corrected chi connectivity index (χ0v) is 17.0. The molecule has 1 amide bonds. The van der Waals surface area contributed by atoms with Gasteiger partial charge < -0.3 is 10.2 Å². The van der Waals surface area contributed by atoms with Gasteiger partial charge in [0.2, 0.25) is 0 Å². The van der Waals surface area contributed by atoms with Crippen molar-refractivity contribution in [3.05, 3.63) is 53.9 Å². The minimum Gasteiger partial charge on any atom is -0.367 e. The van der Waals surface area contributed by atoms with Gasteiger partial charge in [-0.15, -0.1) is 0 Å². The quantitative estimate of drug-likeness (QED) is 0.671. The zero-order valence-electron chi connectivity index (χ0n) is 17.0. The average Bonchev–Trinajstić information content (AvgIpc) is 3.27. The number of carbonyl (C=O) groups excluding carboxylic acids is 1. The Bertz CT molecular complexity index is 894. The number of nitrogens with zero attached hydrogens (tertiary/aromatic N) is 3. The third-order valence-electron chi connectivity index (χ3n) is 5.59. The van der Waals surface area contributed by atoms with Crippen molar-refractivity contribution in [3.8, 4) is 0 Å². The number of benzene rings is 1. The van der Waals surface area contributed by atoms with E-state index in [1.165, 1.54) is 18.3 Å². The van der Waals surface area contributed by atoms with Gasteiger partial charge in [-0.25, -0.2) is 0 Å². The predicted molar refractivity (Wildman–Crippen MR) is 112 cm³/mol. The monoisotopic (exact) mass is 434 g/mol. The normalized spacial score (nSPS) is 20.1. The van der Waals surface area contributed by atoms with Gasteiger partial charge in [0.05, 0.1) is 16.9 Å². The molecule has 0 aliphatic carbocycles. The van der Waals surface area contributed by atoms with Crippen LogP contribution in [-0.4, -0.2) is 61.1 Å². The molecule has 1 aromatic carbocycles. The van der Waals surface area contributed by atoms with Crippen molar-refractivity contribution in [1.82, 2.24) is 20.7 Å². The molecule has 7 nitrogen and oxygen atoms in total. The zero-order chi connectivity index (χ0) is 21.8. The van der Waals surface area contributed by atoms with Gasteiger partial charge in [0, 0.05) is 51.5 Å². The van der Waals surface area contributed by atoms with Crippen molar-refractivity contribution in [3.63, 3.8) is 0 Å².